The first kappa shape index (κ1) is 10.6. The lowest BCUT2D eigenvalue weighted by molar-refractivity contribution is -0.145. The molecule has 3 rings (SSSR count). The van der Waals surface area contributed by atoms with Gasteiger partial charge in [0.05, 0.1) is 12.5 Å². The minimum Gasteiger partial charge on any atom is -0.508 e. The zero-order valence-electron chi connectivity index (χ0n) is 9.90. The summed E-state index contributed by atoms with van der Waals surface area (Å²) in [6, 6.07) is 5.51. The largest absolute Gasteiger partial charge is 0.508 e. The van der Waals surface area contributed by atoms with Gasteiger partial charge in [0.2, 0.25) is 0 Å². The summed E-state index contributed by atoms with van der Waals surface area (Å²) in [4.78, 5) is 11.8. The van der Waals surface area contributed by atoms with E-state index in [1.807, 2.05) is 19.1 Å². The molecule has 0 aliphatic heterocycles. The third-order valence-electron chi connectivity index (χ3n) is 4.12. The predicted molar refractivity (Wildman–Crippen MR) is 62.8 cm³/mol. The van der Waals surface area contributed by atoms with E-state index in [0.29, 0.717) is 12.4 Å². The van der Waals surface area contributed by atoms with Gasteiger partial charge in [0.1, 0.15) is 5.75 Å². The molecule has 17 heavy (non-hydrogen) atoms. The van der Waals surface area contributed by atoms with Gasteiger partial charge in [0.15, 0.2) is 0 Å². The first-order chi connectivity index (χ1) is 8.17. The minimum absolute atomic E-state index is 0.00509. The highest BCUT2D eigenvalue weighted by atomic mass is 16.5. The Balaban J connectivity index is 1.90. The normalized spacial score (nSPS) is 29.1. The van der Waals surface area contributed by atoms with Gasteiger partial charge >= 0.3 is 5.97 Å². The van der Waals surface area contributed by atoms with E-state index in [1.54, 1.807) is 6.07 Å². The van der Waals surface area contributed by atoms with Gasteiger partial charge in [-0.3, -0.25) is 4.79 Å². The molecule has 3 heteroatoms. The molecule has 0 bridgehead atoms. The number of ether oxygens (including phenoxy) is 1. The average Bonchev–Trinajstić information content (AvgIpc) is 2.93. The Kier molecular flexibility index (Phi) is 2.18. The number of carbonyl (C=O) groups excluding carboxylic acids is 1. The maximum absolute atomic E-state index is 11.8. The molecule has 1 spiro atoms. The number of carbonyl (C=O) groups is 1. The first-order valence-electron chi connectivity index (χ1n) is 6.16. The van der Waals surface area contributed by atoms with E-state index in [-0.39, 0.29) is 17.3 Å². The number of rotatable bonds is 2. The van der Waals surface area contributed by atoms with Crippen molar-refractivity contribution in [2.75, 3.05) is 6.61 Å². The second kappa shape index (κ2) is 3.49. The molecule has 1 fully saturated rings. The van der Waals surface area contributed by atoms with Crippen molar-refractivity contribution < 1.29 is 14.6 Å². The summed E-state index contributed by atoms with van der Waals surface area (Å²) in [5, 5.41) is 9.57. The fourth-order valence-corrected chi connectivity index (χ4v) is 3.17. The molecule has 2 aliphatic rings. The third-order valence-corrected chi connectivity index (χ3v) is 4.12. The molecule has 0 aromatic heterocycles. The first-order valence-corrected chi connectivity index (χ1v) is 6.16. The number of aryl methyl sites for hydroxylation is 1. The van der Waals surface area contributed by atoms with E-state index >= 15 is 0 Å². The molecule has 2 aliphatic carbocycles. The third kappa shape index (κ3) is 1.45. The summed E-state index contributed by atoms with van der Waals surface area (Å²) < 4.78 is 5.10. The van der Waals surface area contributed by atoms with Gasteiger partial charge in [0, 0.05) is 5.41 Å². The molecule has 0 radical (unpaired) electrons. The van der Waals surface area contributed by atoms with Crippen molar-refractivity contribution in [2.24, 2.45) is 5.92 Å². The van der Waals surface area contributed by atoms with Gasteiger partial charge in [0.25, 0.3) is 0 Å². The highest BCUT2D eigenvalue weighted by molar-refractivity contribution is 5.80. The number of benzene rings is 1. The number of fused-ring (bicyclic) bond motifs is 2. The van der Waals surface area contributed by atoms with Gasteiger partial charge in [-0.1, -0.05) is 6.07 Å². The van der Waals surface area contributed by atoms with Crippen LogP contribution in [0.1, 0.15) is 30.9 Å². The fourth-order valence-electron chi connectivity index (χ4n) is 3.17. The van der Waals surface area contributed by atoms with Gasteiger partial charge in [-0.25, -0.2) is 0 Å². The number of esters is 1. The molecular weight excluding hydrogens is 216 g/mol. The number of phenols is 1. The quantitative estimate of drug-likeness (QED) is 0.795. The predicted octanol–water partition coefficient (Wildman–Crippen LogP) is 2.16. The maximum atomic E-state index is 11.8. The molecule has 1 aromatic carbocycles. The zero-order chi connectivity index (χ0) is 12.0. The van der Waals surface area contributed by atoms with Crippen LogP contribution in [0.3, 0.4) is 0 Å². The van der Waals surface area contributed by atoms with Crippen molar-refractivity contribution in [1.82, 2.24) is 0 Å². The zero-order valence-corrected chi connectivity index (χ0v) is 9.90. The second-order valence-electron chi connectivity index (χ2n) is 5.01. The Hall–Kier alpha value is -1.51. The van der Waals surface area contributed by atoms with Crippen molar-refractivity contribution >= 4 is 5.97 Å². The SMILES string of the molecule is CCOC(=O)[C@@H]1C[C@]12CCc1ccc(O)cc12. The molecular formula is C14H16O3. The summed E-state index contributed by atoms with van der Waals surface area (Å²) in [6.07, 6.45) is 2.89. The van der Waals surface area contributed by atoms with Crippen LogP contribution in [0.25, 0.3) is 0 Å². The van der Waals surface area contributed by atoms with Crippen molar-refractivity contribution in [3.05, 3.63) is 29.3 Å². The van der Waals surface area contributed by atoms with E-state index in [1.165, 1.54) is 5.56 Å². The van der Waals surface area contributed by atoms with Crippen molar-refractivity contribution in [1.29, 1.82) is 0 Å². The topological polar surface area (TPSA) is 46.5 Å². The second-order valence-corrected chi connectivity index (χ2v) is 5.01. The van der Waals surface area contributed by atoms with Crippen LogP contribution >= 0.6 is 0 Å². The van der Waals surface area contributed by atoms with E-state index in [0.717, 1.165) is 24.8 Å². The van der Waals surface area contributed by atoms with Crippen LogP contribution in [0.4, 0.5) is 0 Å². The van der Waals surface area contributed by atoms with Crippen LogP contribution in [0.15, 0.2) is 18.2 Å². The lowest BCUT2D eigenvalue weighted by Gasteiger charge is -2.11. The standard InChI is InChI=1S/C14H16O3/c1-2-17-13(16)12-8-14(12)6-5-9-3-4-10(15)7-11(9)14/h3-4,7,12,15H,2,5-6,8H2,1H3/t12-,14-/m0/s1. The average molecular weight is 232 g/mol. The smallest absolute Gasteiger partial charge is 0.309 e. The lowest BCUT2D eigenvalue weighted by atomic mass is 9.95. The summed E-state index contributed by atoms with van der Waals surface area (Å²) in [5.41, 5.74) is 2.41. The van der Waals surface area contributed by atoms with Crippen molar-refractivity contribution in [3.63, 3.8) is 0 Å². The summed E-state index contributed by atoms with van der Waals surface area (Å²) in [7, 11) is 0. The highest BCUT2D eigenvalue weighted by Crippen LogP contribution is 2.62. The van der Waals surface area contributed by atoms with Gasteiger partial charge < -0.3 is 9.84 Å². The molecule has 2 atom stereocenters. The van der Waals surface area contributed by atoms with Crippen LogP contribution in [0, 0.1) is 5.92 Å². The summed E-state index contributed by atoms with van der Waals surface area (Å²) >= 11 is 0. The Labute approximate surface area is 100 Å². The van der Waals surface area contributed by atoms with Gasteiger partial charge in [-0.05, 0) is 49.4 Å². The Morgan fingerprint density at radius 3 is 3.18 bits per heavy atom. The number of phenolic OH excluding ortho intramolecular Hbond substituents is 1. The van der Waals surface area contributed by atoms with Crippen LogP contribution in [0.2, 0.25) is 0 Å². The molecule has 0 amide bonds. The molecule has 0 unspecified atom stereocenters. The minimum atomic E-state index is -0.0799. The summed E-state index contributed by atoms with van der Waals surface area (Å²) in [5.74, 6) is 0.216. The maximum Gasteiger partial charge on any atom is 0.309 e. The Morgan fingerprint density at radius 1 is 1.59 bits per heavy atom. The van der Waals surface area contributed by atoms with Gasteiger partial charge in [-0.15, -0.1) is 0 Å². The molecule has 1 saturated carbocycles. The molecule has 0 heterocycles. The number of aromatic hydroxyl groups is 1. The molecule has 1 N–H and O–H groups in total. The molecule has 90 valence electrons. The van der Waals surface area contributed by atoms with Crippen molar-refractivity contribution in [3.8, 4) is 5.75 Å². The Bertz CT molecular complexity index is 480. The van der Waals surface area contributed by atoms with Crippen molar-refractivity contribution in [2.45, 2.75) is 31.6 Å². The molecule has 1 aromatic rings. The van der Waals surface area contributed by atoms with E-state index in [9.17, 15) is 9.90 Å². The number of hydrogen-bond acceptors (Lipinski definition) is 3. The van der Waals surface area contributed by atoms with Gasteiger partial charge in [-0.2, -0.15) is 0 Å². The molecule has 3 nitrogen and oxygen atoms in total. The summed E-state index contributed by atoms with van der Waals surface area (Å²) in [6.45, 7) is 2.28. The molecule has 0 saturated heterocycles. The highest BCUT2D eigenvalue weighted by Gasteiger charge is 2.62. The van der Waals surface area contributed by atoms with Crippen LogP contribution < -0.4 is 0 Å². The van der Waals surface area contributed by atoms with Crippen LogP contribution in [0.5, 0.6) is 5.75 Å². The van der Waals surface area contributed by atoms with Crippen LogP contribution in [-0.4, -0.2) is 17.7 Å². The fraction of sp³-hybridized carbons (Fsp3) is 0.500. The monoisotopic (exact) mass is 232 g/mol. The van der Waals surface area contributed by atoms with E-state index < -0.39 is 0 Å². The Morgan fingerprint density at radius 2 is 2.41 bits per heavy atom. The van der Waals surface area contributed by atoms with E-state index in [4.69, 9.17) is 4.74 Å². The van der Waals surface area contributed by atoms with Crippen LogP contribution in [-0.2, 0) is 21.4 Å². The number of hydrogen-bond donors (Lipinski definition) is 1. The van der Waals surface area contributed by atoms with E-state index in [2.05, 4.69) is 0 Å². The lowest BCUT2D eigenvalue weighted by Crippen LogP contribution is -2.15.